The van der Waals surface area contributed by atoms with Crippen LogP contribution >= 0.6 is 11.6 Å². The van der Waals surface area contributed by atoms with E-state index in [4.69, 9.17) is 15.8 Å². The first kappa shape index (κ1) is 15.8. The highest BCUT2D eigenvalue weighted by molar-refractivity contribution is 7.87. The lowest BCUT2D eigenvalue weighted by Gasteiger charge is -2.17. The van der Waals surface area contributed by atoms with Gasteiger partial charge in [0.05, 0.1) is 5.02 Å². The van der Waals surface area contributed by atoms with Gasteiger partial charge in [-0.3, -0.25) is 4.79 Å². The molecular formula is C16H14ClNO4S. The molecule has 0 atom stereocenters. The number of amides is 1. The topological polar surface area (TPSA) is 72.5 Å². The van der Waals surface area contributed by atoms with Gasteiger partial charge in [-0.1, -0.05) is 17.7 Å². The third kappa shape index (κ3) is 3.33. The molecule has 0 fully saturated rings. The number of halogens is 1. The second-order valence-electron chi connectivity index (χ2n) is 5.34. The van der Waals surface area contributed by atoms with Gasteiger partial charge in [-0.05, 0) is 54.8 Å². The fourth-order valence-electron chi connectivity index (χ4n) is 2.39. The normalized spacial score (nSPS) is 14.1. The monoisotopic (exact) mass is 351 g/mol. The largest absolute Gasteiger partial charge is 0.379 e. The van der Waals surface area contributed by atoms with E-state index in [1.165, 1.54) is 12.1 Å². The lowest BCUT2D eigenvalue weighted by atomic mass is 10.0. The zero-order valence-electron chi connectivity index (χ0n) is 12.3. The number of fused-ring (bicyclic) bond motifs is 1. The molecule has 1 aliphatic rings. The molecule has 0 saturated carbocycles. The molecule has 0 radical (unpaired) electrons. The molecule has 1 aliphatic heterocycles. The van der Waals surface area contributed by atoms with Crippen LogP contribution in [0.5, 0.6) is 5.75 Å². The van der Waals surface area contributed by atoms with Crippen molar-refractivity contribution in [3.8, 4) is 5.75 Å². The van der Waals surface area contributed by atoms with Crippen LogP contribution in [0.3, 0.4) is 0 Å². The van der Waals surface area contributed by atoms with Gasteiger partial charge < -0.3 is 9.50 Å². The van der Waals surface area contributed by atoms with Gasteiger partial charge in [0, 0.05) is 12.1 Å². The molecule has 0 bridgehead atoms. The zero-order valence-corrected chi connectivity index (χ0v) is 13.9. The van der Waals surface area contributed by atoms with E-state index in [0.29, 0.717) is 18.5 Å². The maximum atomic E-state index is 12.4. The Morgan fingerprint density at radius 2 is 1.91 bits per heavy atom. The van der Waals surface area contributed by atoms with Crippen molar-refractivity contribution in [3.05, 3.63) is 52.5 Å². The van der Waals surface area contributed by atoms with E-state index in [1.807, 2.05) is 6.92 Å². The summed E-state index contributed by atoms with van der Waals surface area (Å²) < 4.78 is 29.9. The predicted octanol–water partition coefficient (Wildman–Crippen LogP) is 3.30. The van der Waals surface area contributed by atoms with Crippen LogP contribution in [0.4, 0.5) is 5.69 Å². The fourth-order valence-corrected chi connectivity index (χ4v) is 3.89. The maximum Gasteiger partial charge on any atom is 0.340 e. The Morgan fingerprint density at radius 1 is 1.13 bits per heavy atom. The van der Waals surface area contributed by atoms with Gasteiger partial charge in [-0.15, -0.1) is 0 Å². The van der Waals surface area contributed by atoms with Gasteiger partial charge in [0.2, 0.25) is 5.91 Å². The summed E-state index contributed by atoms with van der Waals surface area (Å²) in [5.41, 5.74) is 2.38. The number of carbonyl (C=O) groups is 1. The number of nitrogens with one attached hydrogen (secondary N) is 1. The van der Waals surface area contributed by atoms with E-state index in [9.17, 15) is 13.2 Å². The summed E-state index contributed by atoms with van der Waals surface area (Å²) in [6, 6.07) is 9.41. The van der Waals surface area contributed by atoms with Crippen LogP contribution < -0.4 is 9.50 Å². The third-order valence-electron chi connectivity index (χ3n) is 3.53. The molecule has 0 aromatic heterocycles. The Kier molecular flexibility index (Phi) is 4.04. The van der Waals surface area contributed by atoms with Crippen molar-refractivity contribution >= 4 is 33.3 Å². The van der Waals surface area contributed by atoms with Crippen molar-refractivity contribution in [1.82, 2.24) is 0 Å². The standard InChI is InChI=1S/C16H14ClNO4S/c1-10-2-6-15(13(17)8-10)23(20,21)22-12-4-5-14-11(9-12)3-7-16(19)18-14/h2,4-6,8-9H,3,7H2,1H3,(H,18,19). The van der Waals surface area contributed by atoms with Crippen LogP contribution in [0.25, 0.3) is 0 Å². The van der Waals surface area contributed by atoms with Crippen LogP contribution in [0.15, 0.2) is 41.3 Å². The molecular weight excluding hydrogens is 338 g/mol. The van der Waals surface area contributed by atoms with Crippen LogP contribution in [0.1, 0.15) is 17.5 Å². The summed E-state index contributed by atoms with van der Waals surface area (Å²) in [6.07, 6.45) is 0.913. The summed E-state index contributed by atoms with van der Waals surface area (Å²) in [5.74, 6) is 0.141. The summed E-state index contributed by atoms with van der Waals surface area (Å²) in [5, 5.41) is 2.85. The molecule has 1 heterocycles. The van der Waals surface area contributed by atoms with E-state index >= 15 is 0 Å². The highest BCUT2D eigenvalue weighted by atomic mass is 35.5. The van der Waals surface area contributed by atoms with E-state index in [-0.39, 0.29) is 21.6 Å². The first-order chi connectivity index (χ1) is 10.8. The minimum absolute atomic E-state index is 0.0507. The second-order valence-corrected chi connectivity index (χ2v) is 7.26. The molecule has 0 saturated heterocycles. The van der Waals surface area contributed by atoms with Gasteiger partial charge >= 0.3 is 10.1 Å². The molecule has 23 heavy (non-hydrogen) atoms. The van der Waals surface area contributed by atoms with Crippen molar-refractivity contribution in [1.29, 1.82) is 0 Å². The van der Waals surface area contributed by atoms with Crippen LogP contribution in [-0.4, -0.2) is 14.3 Å². The Morgan fingerprint density at radius 3 is 2.65 bits per heavy atom. The minimum atomic E-state index is -4.02. The number of aryl methyl sites for hydroxylation is 2. The number of rotatable bonds is 3. The molecule has 0 unspecified atom stereocenters. The van der Waals surface area contributed by atoms with Crippen LogP contribution in [0, 0.1) is 6.92 Å². The fraction of sp³-hybridized carbons (Fsp3) is 0.188. The average molecular weight is 352 g/mol. The number of carbonyl (C=O) groups excluding carboxylic acids is 1. The number of benzene rings is 2. The average Bonchev–Trinajstić information content (AvgIpc) is 2.46. The van der Waals surface area contributed by atoms with Gasteiger partial charge in [-0.25, -0.2) is 0 Å². The van der Waals surface area contributed by atoms with Gasteiger partial charge in [0.1, 0.15) is 10.6 Å². The summed E-state index contributed by atoms with van der Waals surface area (Å²) in [6.45, 7) is 1.82. The van der Waals surface area contributed by atoms with Crippen molar-refractivity contribution in [2.75, 3.05) is 5.32 Å². The second kappa shape index (κ2) is 5.86. The molecule has 0 aliphatic carbocycles. The molecule has 1 N–H and O–H groups in total. The smallest absolute Gasteiger partial charge is 0.340 e. The number of hydrogen-bond donors (Lipinski definition) is 1. The number of hydrogen-bond acceptors (Lipinski definition) is 4. The Bertz CT molecular complexity index is 893. The van der Waals surface area contributed by atoms with Crippen LogP contribution in [-0.2, 0) is 21.3 Å². The lowest BCUT2D eigenvalue weighted by molar-refractivity contribution is -0.116. The van der Waals surface area contributed by atoms with Crippen molar-refractivity contribution in [3.63, 3.8) is 0 Å². The molecule has 2 aromatic rings. The third-order valence-corrected chi connectivity index (χ3v) is 5.27. The Hall–Kier alpha value is -2.05. The summed E-state index contributed by atoms with van der Waals surface area (Å²) in [7, 11) is -4.02. The maximum absolute atomic E-state index is 12.4. The highest BCUT2D eigenvalue weighted by Gasteiger charge is 2.22. The van der Waals surface area contributed by atoms with Gasteiger partial charge in [-0.2, -0.15) is 8.42 Å². The molecule has 2 aromatic carbocycles. The van der Waals surface area contributed by atoms with E-state index in [2.05, 4.69) is 5.32 Å². The first-order valence-corrected chi connectivity index (χ1v) is 8.77. The molecule has 3 rings (SSSR count). The van der Waals surface area contributed by atoms with E-state index < -0.39 is 10.1 Å². The van der Waals surface area contributed by atoms with Crippen molar-refractivity contribution in [2.45, 2.75) is 24.7 Å². The molecule has 5 nitrogen and oxygen atoms in total. The van der Waals surface area contributed by atoms with Crippen LogP contribution in [0.2, 0.25) is 5.02 Å². The summed E-state index contributed by atoms with van der Waals surface area (Å²) >= 11 is 6.01. The molecule has 7 heteroatoms. The highest BCUT2D eigenvalue weighted by Crippen LogP contribution is 2.30. The molecule has 120 valence electrons. The van der Waals surface area contributed by atoms with Crippen molar-refractivity contribution < 1.29 is 17.4 Å². The van der Waals surface area contributed by atoms with Gasteiger partial charge in [0.25, 0.3) is 0 Å². The Labute approximate surface area is 139 Å². The summed E-state index contributed by atoms with van der Waals surface area (Å²) in [4.78, 5) is 11.3. The van der Waals surface area contributed by atoms with Gasteiger partial charge in [0.15, 0.2) is 0 Å². The van der Waals surface area contributed by atoms with E-state index in [0.717, 1.165) is 11.1 Å². The van der Waals surface area contributed by atoms with E-state index in [1.54, 1.807) is 24.3 Å². The number of anilines is 1. The Balaban J connectivity index is 1.90. The van der Waals surface area contributed by atoms with Crippen molar-refractivity contribution in [2.24, 2.45) is 0 Å². The lowest BCUT2D eigenvalue weighted by Crippen LogP contribution is -2.19. The molecule has 0 spiro atoms. The first-order valence-electron chi connectivity index (χ1n) is 6.98. The molecule has 1 amide bonds. The predicted molar refractivity (Wildman–Crippen MR) is 87.4 cm³/mol. The minimum Gasteiger partial charge on any atom is -0.379 e. The SMILES string of the molecule is Cc1ccc(S(=O)(=O)Oc2ccc3c(c2)CCC(=O)N3)c(Cl)c1. The zero-order chi connectivity index (χ0) is 16.6. The quantitative estimate of drug-likeness (QED) is 0.861.